The molecule has 0 saturated heterocycles. The van der Waals surface area contributed by atoms with Gasteiger partial charge in [0.2, 0.25) is 0 Å². The molecule has 16 heavy (non-hydrogen) atoms. The summed E-state index contributed by atoms with van der Waals surface area (Å²) in [6, 6.07) is 5.18. The quantitative estimate of drug-likeness (QED) is 0.865. The molecule has 0 aliphatic carbocycles. The van der Waals surface area contributed by atoms with E-state index < -0.39 is 0 Å². The molecule has 0 aromatic carbocycles. The maximum atomic E-state index is 11.2. The zero-order valence-corrected chi connectivity index (χ0v) is 10.8. The minimum Gasteiger partial charge on any atom is -0.301 e. The molecule has 4 nitrogen and oxygen atoms in total. The number of H-pyrrole nitrogens is 1. The molecule has 0 saturated carbocycles. The first-order valence-electron chi connectivity index (χ1n) is 4.51. The van der Waals surface area contributed by atoms with Crippen molar-refractivity contribution in [2.45, 2.75) is 17.1 Å². The summed E-state index contributed by atoms with van der Waals surface area (Å²) in [6.07, 6.45) is 1.70. The number of halogens is 1. The normalized spacial score (nSPS) is 10.4. The van der Waals surface area contributed by atoms with E-state index in [9.17, 15) is 4.79 Å². The lowest BCUT2D eigenvalue weighted by Gasteiger charge is -2.02. The lowest BCUT2D eigenvalue weighted by molar-refractivity contribution is 0.901. The summed E-state index contributed by atoms with van der Waals surface area (Å²) in [6.45, 7) is 1.78. The van der Waals surface area contributed by atoms with E-state index in [4.69, 9.17) is 0 Å². The molecular weight excluding hydrogens is 290 g/mol. The van der Waals surface area contributed by atoms with Crippen molar-refractivity contribution in [2.75, 3.05) is 0 Å². The molecule has 0 radical (unpaired) electrons. The van der Waals surface area contributed by atoms with Crippen LogP contribution in [0.2, 0.25) is 0 Å². The van der Waals surface area contributed by atoms with Gasteiger partial charge in [-0.15, -0.1) is 0 Å². The van der Waals surface area contributed by atoms with E-state index in [1.54, 1.807) is 13.1 Å². The summed E-state index contributed by atoms with van der Waals surface area (Å²) in [5, 5.41) is 1.32. The highest BCUT2D eigenvalue weighted by Crippen LogP contribution is 2.28. The Hall–Kier alpha value is -1.14. The fourth-order valence-corrected chi connectivity index (χ4v) is 2.44. The third kappa shape index (κ3) is 2.70. The van der Waals surface area contributed by atoms with Gasteiger partial charge in [-0.1, -0.05) is 0 Å². The smallest absolute Gasteiger partial charge is 0.251 e. The van der Waals surface area contributed by atoms with Crippen molar-refractivity contribution >= 4 is 27.7 Å². The second-order valence-electron chi connectivity index (χ2n) is 3.08. The maximum absolute atomic E-state index is 11.2. The molecule has 0 aliphatic heterocycles. The van der Waals surface area contributed by atoms with Crippen molar-refractivity contribution in [3.63, 3.8) is 0 Å². The van der Waals surface area contributed by atoms with Crippen LogP contribution in [0.5, 0.6) is 0 Å². The van der Waals surface area contributed by atoms with Crippen molar-refractivity contribution in [2.24, 2.45) is 0 Å². The van der Waals surface area contributed by atoms with Gasteiger partial charge in [-0.05, 0) is 46.7 Å². The Kier molecular flexibility index (Phi) is 3.40. The molecule has 0 aliphatic rings. The van der Waals surface area contributed by atoms with Gasteiger partial charge in [-0.2, -0.15) is 0 Å². The van der Waals surface area contributed by atoms with Gasteiger partial charge >= 0.3 is 0 Å². The molecule has 0 amide bonds. The number of pyridine rings is 1. The molecule has 0 spiro atoms. The van der Waals surface area contributed by atoms with Crippen LogP contribution < -0.4 is 5.56 Å². The summed E-state index contributed by atoms with van der Waals surface area (Å²) in [5.74, 6) is 0. The van der Waals surface area contributed by atoms with Crippen LogP contribution in [0.4, 0.5) is 0 Å². The predicted octanol–water partition coefficient (Wildman–Crippen LogP) is 2.39. The SMILES string of the molecule is Cc1cc(=O)[nH]c(Sc2ncccc2Br)n1. The molecule has 1 N–H and O–H groups in total. The van der Waals surface area contributed by atoms with Crippen LogP contribution in [0.1, 0.15) is 5.69 Å². The first kappa shape index (κ1) is 11.3. The minimum atomic E-state index is -0.151. The standard InChI is InChI=1S/C10H8BrN3OS/c1-6-5-8(15)14-10(13-6)16-9-7(11)3-2-4-12-9/h2-5H,1H3,(H,13,14,15). The van der Waals surface area contributed by atoms with Crippen LogP contribution in [0.25, 0.3) is 0 Å². The molecule has 2 aromatic rings. The van der Waals surface area contributed by atoms with E-state index in [0.29, 0.717) is 10.9 Å². The Morgan fingerprint density at radius 3 is 3.00 bits per heavy atom. The van der Waals surface area contributed by atoms with E-state index in [1.165, 1.54) is 17.8 Å². The fraction of sp³-hybridized carbons (Fsp3) is 0.100. The van der Waals surface area contributed by atoms with E-state index >= 15 is 0 Å². The van der Waals surface area contributed by atoms with E-state index in [-0.39, 0.29) is 5.56 Å². The Labute approximate surface area is 105 Å². The largest absolute Gasteiger partial charge is 0.301 e. The van der Waals surface area contributed by atoms with Crippen LogP contribution in [-0.4, -0.2) is 15.0 Å². The van der Waals surface area contributed by atoms with E-state index in [2.05, 4.69) is 30.9 Å². The Morgan fingerprint density at radius 1 is 1.50 bits per heavy atom. The van der Waals surface area contributed by atoms with Gasteiger partial charge in [-0.3, -0.25) is 4.79 Å². The van der Waals surface area contributed by atoms with Crippen molar-refractivity contribution in [3.05, 3.63) is 44.9 Å². The molecule has 2 heterocycles. The molecule has 82 valence electrons. The van der Waals surface area contributed by atoms with Gasteiger partial charge in [0.1, 0.15) is 5.03 Å². The summed E-state index contributed by atoms with van der Waals surface area (Å²) < 4.78 is 0.879. The van der Waals surface area contributed by atoms with Gasteiger partial charge in [0.25, 0.3) is 5.56 Å². The number of aromatic amines is 1. The molecule has 0 fully saturated rings. The number of aryl methyl sites for hydroxylation is 1. The van der Waals surface area contributed by atoms with E-state index in [1.807, 2.05) is 12.1 Å². The van der Waals surface area contributed by atoms with Crippen molar-refractivity contribution in [1.29, 1.82) is 0 Å². The number of rotatable bonds is 2. The van der Waals surface area contributed by atoms with Crippen LogP contribution in [-0.2, 0) is 0 Å². The number of aromatic nitrogens is 3. The van der Waals surface area contributed by atoms with E-state index in [0.717, 1.165) is 9.50 Å². The van der Waals surface area contributed by atoms with Crippen LogP contribution in [0.15, 0.2) is 43.8 Å². The summed E-state index contributed by atoms with van der Waals surface area (Å²) in [5.41, 5.74) is 0.542. The number of nitrogens with zero attached hydrogens (tertiary/aromatic N) is 2. The summed E-state index contributed by atoms with van der Waals surface area (Å²) in [7, 11) is 0. The third-order valence-electron chi connectivity index (χ3n) is 1.77. The second-order valence-corrected chi connectivity index (χ2v) is 4.92. The Bertz CT molecular complexity index is 570. The monoisotopic (exact) mass is 297 g/mol. The molecule has 0 bridgehead atoms. The summed E-state index contributed by atoms with van der Waals surface area (Å²) in [4.78, 5) is 22.3. The highest BCUT2D eigenvalue weighted by molar-refractivity contribution is 9.10. The molecule has 6 heteroatoms. The Morgan fingerprint density at radius 2 is 2.31 bits per heavy atom. The highest BCUT2D eigenvalue weighted by Gasteiger charge is 2.05. The zero-order valence-electron chi connectivity index (χ0n) is 8.40. The molecule has 2 aromatic heterocycles. The lowest BCUT2D eigenvalue weighted by Crippen LogP contribution is -2.08. The maximum Gasteiger partial charge on any atom is 0.251 e. The third-order valence-corrected chi connectivity index (χ3v) is 3.57. The number of hydrogen-bond acceptors (Lipinski definition) is 4. The minimum absolute atomic E-state index is 0.151. The summed E-state index contributed by atoms with van der Waals surface area (Å²) >= 11 is 4.71. The number of hydrogen-bond donors (Lipinski definition) is 1. The van der Waals surface area contributed by atoms with Crippen molar-refractivity contribution in [1.82, 2.24) is 15.0 Å². The van der Waals surface area contributed by atoms with Gasteiger partial charge < -0.3 is 4.98 Å². The van der Waals surface area contributed by atoms with Crippen LogP contribution in [0, 0.1) is 6.92 Å². The molecule has 0 unspecified atom stereocenters. The van der Waals surface area contributed by atoms with Gasteiger partial charge in [0.15, 0.2) is 5.16 Å². The topological polar surface area (TPSA) is 58.6 Å². The molecular formula is C10H8BrN3OS. The second kappa shape index (κ2) is 4.80. The lowest BCUT2D eigenvalue weighted by atomic mass is 10.5. The Balaban J connectivity index is 2.34. The number of nitrogens with one attached hydrogen (secondary N) is 1. The highest BCUT2D eigenvalue weighted by atomic mass is 79.9. The van der Waals surface area contributed by atoms with Crippen molar-refractivity contribution in [3.8, 4) is 0 Å². The van der Waals surface area contributed by atoms with Gasteiger partial charge in [0.05, 0.1) is 4.47 Å². The average molecular weight is 298 g/mol. The average Bonchev–Trinajstić information content (AvgIpc) is 2.20. The first-order valence-corrected chi connectivity index (χ1v) is 6.12. The van der Waals surface area contributed by atoms with Crippen molar-refractivity contribution < 1.29 is 0 Å². The molecule has 2 rings (SSSR count). The van der Waals surface area contributed by atoms with Gasteiger partial charge in [0, 0.05) is 18.0 Å². The predicted molar refractivity (Wildman–Crippen MR) is 65.7 cm³/mol. The first-order chi connectivity index (χ1) is 7.65. The van der Waals surface area contributed by atoms with Crippen LogP contribution in [0.3, 0.4) is 0 Å². The fourth-order valence-electron chi connectivity index (χ4n) is 1.14. The molecule has 0 atom stereocenters. The van der Waals surface area contributed by atoms with Crippen LogP contribution >= 0.6 is 27.7 Å². The zero-order chi connectivity index (χ0) is 11.5. The van der Waals surface area contributed by atoms with Gasteiger partial charge in [-0.25, -0.2) is 9.97 Å².